The Morgan fingerprint density at radius 1 is 1.28 bits per heavy atom. The molecule has 8 heteroatoms. The molecule has 0 spiro atoms. The van der Waals surface area contributed by atoms with Crippen LogP contribution in [0, 0.1) is 0 Å². The lowest BCUT2D eigenvalue weighted by Gasteiger charge is -2.08. The zero-order chi connectivity index (χ0) is 18.2. The molecule has 0 aliphatic carbocycles. The smallest absolute Gasteiger partial charge is 0.340 e. The van der Waals surface area contributed by atoms with Gasteiger partial charge in [0.25, 0.3) is 0 Å². The molecule has 2 aromatic rings. The molecule has 0 amide bonds. The Bertz CT molecular complexity index is 835. The summed E-state index contributed by atoms with van der Waals surface area (Å²) in [6.07, 6.45) is 1.31. The zero-order valence-electron chi connectivity index (χ0n) is 14.1. The molecule has 130 valence electrons. The Balaban J connectivity index is 2.41. The molecular formula is C17H17N3O5. The van der Waals surface area contributed by atoms with Crippen LogP contribution in [0.4, 0.5) is 0 Å². The maximum absolute atomic E-state index is 11.8. The molecule has 8 nitrogen and oxygen atoms in total. The van der Waals surface area contributed by atoms with Crippen LogP contribution in [0.2, 0.25) is 0 Å². The lowest BCUT2D eigenvalue weighted by Crippen LogP contribution is -2.05. The number of ether oxygens (including phenoxy) is 3. The Hall–Kier alpha value is -3.38. The van der Waals surface area contributed by atoms with E-state index in [4.69, 9.17) is 24.2 Å². The van der Waals surface area contributed by atoms with Crippen molar-refractivity contribution in [2.24, 2.45) is 5.11 Å². The Morgan fingerprint density at radius 3 is 2.72 bits per heavy atom. The average molecular weight is 343 g/mol. The van der Waals surface area contributed by atoms with Crippen LogP contribution in [-0.4, -0.2) is 26.8 Å². The summed E-state index contributed by atoms with van der Waals surface area (Å²) in [4.78, 5) is 14.4. The number of hydrogen-bond donors (Lipinski definition) is 0. The van der Waals surface area contributed by atoms with E-state index >= 15 is 0 Å². The first kappa shape index (κ1) is 18.0. The van der Waals surface area contributed by atoms with Crippen molar-refractivity contribution in [3.8, 4) is 22.8 Å². The van der Waals surface area contributed by atoms with E-state index in [9.17, 15) is 4.79 Å². The maximum Gasteiger partial charge on any atom is 0.340 e. The van der Waals surface area contributed by atoms with Crippen LogP contribution in [0.25, 0.3) is 27.8 Å². The highest BCUT2D eigenvalue weighted by atomic mass is 16.5. The fraction of sp³-hybridized carbons (Fsp3) is 0.235. The normalized spacial score (nSPS) is 10.8. The van der Waals surface area contributed by atoms with Gasteiger partial charge in [0.2, 0.25) is 0 Å². The van der Waals surface area contributed by atoms with Gasteiger partial charge in [-0.3, -0.25) is 0 Å². The summed E-state index contributed by atoms with van der Waals surface area (Å²) in [5.74, 6) is 1.36. The average Bonchev–Trinajstić information content (AvgIpc) is 3.09. The van der Waals surface area contributed by atoms with Crippen LogP contribution in [-0.2, 0) is 9.53 Å². The Morgan fingerprint density at radius 2 is 2.08 bits per heavy atom. The number of esters is 1. The molecule has 2 rings (SSSR count). The van der Waals surface area contributed by atoms with E-state index in [1.54, 1.807) is 51.5 Å². The highest BCUT2D eigenvalue weighted by Crippen LogP contribution is 2.34. The van der Waals surface area contributed by atoms with Crippen molar-refractivity contribution < 1.29 is 23.4 Å². The molecule has 1 aromatic heterocycles. The van der Waals surface area contributed by atoms with Gasteiger partial charge in [-0.25, -0.2) is 4.79 Å². The summed E-state index contributed by atoms with van der Waals surface area (Å²) < 4.78 is 21.1. The van der Waals surface area contributed by atoms with Crippen molar-refractivity contribution in [2.45, 2.75) is 6.92 Å². The quantitative estimate of drug-likeness (QED) is 0.246. The SMILES string of the molecule is CCOC(=O)C(=Cc1ccc(-c2cc(OC)ccc2OC)o1)N=[N+]=[N-]. The van der Waals surface area contributed by atoms with Gasteiger partial charge >= 0.3 is 5.97 Å². The van der Waals surface area contributed by atoms with Gasteiger partial charge in [0.15, 0.2) is 0 Å². The van der Waals surface area contributed by atoms with Gasteiger partial charge in [0.1, 0.15) is 28.7 Å². The van der Waals surface area contributed by atoms with Gasteiger partial charge in [-0.1, -0.05) is 5.11 Å². The van der Waals surface area contributed by atoms with E-state index in [0.29, 0.717) is 28.6 Å². The van der Waals surface area contributed by atoms with Crippen LogP contribution in [0.5, 0.6) is 11.5 Å². The highest BCUT2D eigenvalue weighted by Gasteiger charge is 2.14. The van der Waals surface area contributed by atoms with Crippen molar-refractivity contribution >= 4 is 12.0 Å². The van der Waals surface area contributed by atoms with Crippen LogP contribution >= 0.6 is 0 Å². The van der Waals surface area contributed by atoms with Gasteiger partial charge in [0.05, 0.1) is 26.4 Å². The van der Waals surface area contributed by atoms with E-state index in [1.165, 1.54) is 6.08 Å². The highest BCUT2D eigenvalue weighted by molar-refractivity contribution is 5.93. The first-order valence-electron chi connectivity index (χ1n) is 7.39. The van der Waals surface area contributed by atoms with Crippen molar-refractivity contribution in [3.05, 3.63) is 52.2 Å². The van der Waals surface area contributed by atoms with E-state index in [2.05, 4.69) is 10.0 Å². The number of nitrogens with zero attached hydrogens (tertiary/aromatic N) is 3. The van der Waals surface area contributed by atoms with Gasteiger partial charge in [-0.05, 0) is 48.9 Å². The fourth-order valence-corrected chi connectivity index (χ4v) is 2.10. The largest absolute Gasteiger partial charge is 0.497 e. The number of rotatable bonds is 7. The molecule has 0 saturated carbocycles. The topological polar surface area (TPSA) is 107 Å². The van der Waals surface area contributed by atoms with Crippen LogP contribution in [0.15, 0.2) is 45.6 Å². The Kier molecular flexibility index (Phi) is 6.08. The summed E-state index contributed by atoms with van der Waals surface area (Å²) in [5.41, 5.74) is 9.08. The number of carbonyl (C=O) groups is 1. The fourth-order valence-electron chi connectivity index (χ4n) is 2.10. The van der Waals surface area contributed by atoms with Crippen molar-refractivity contribution in [1.82, 2.24) is 0 Å². The monoisotopic (exact) mass is 343 g/mol. The number of hydrogen-bond acceptors (Lipinski definition) is 6. The standard InChI is InChI=1S/C17H17N3O5/c1-4-24-17(21)14(19-20-18)10-12-6-8-16(25-12)13-9-11(22-2)5-7-15(13)23-3/h5-10H,4H2,1-3H3. The minimum Gasteiger partial charge on any atom is -0.497 e. The first-order chi connectivity index (χ1) is 12.1. The predicted octanol–water partition coefficient (Wildman–Crippen LogP) is 4.18. The number of azide groups is 1. The summed E-state index contributed by atoms with van der Waals surface area (Å²) in [6.45, 7) is 1.83. The van der Waals surface area contributed by atoms with Crippen LogP contribution in [0.3, 0.4) is 0 Å². The van der Waals surface area contributed by atoms with Gasteiger partial charge in [-0.2, -0.15) is 0 Å². The number of benzene rings is 1. The van der Waals surface area contributed by atoms with Crippen molar-refractivity contribution in [2.75, 3.05) is 20.8 Å². The minimum absolute atomic E-state index is 0.168. The number of furan rings is 1. The van der Waals surface area contributed by atoms with Crippen molar-refractivity contribution in [3.63, 3.8) is 0 Å². The molecule has 1 heterocycles. The van der Waals surface area contributed by atoms with E-state index < -0.39 is 5.97 Å². The van der Waals surface area contributed by atoms with E-state index in [-0.39, 0.29) is 12.3 Å². The molecule has 0 saturated heterocycles. The molecule has 0 unspecified atom stereocenters. The molecule has 0 atom stereocenters. The second-order valence-corrected chi connectivity index (χ2v) is 4.71. The molecule has 1 aromatic carbocycles. The van der Waals surface area contributed by atoms with Crippen LogP contribution in [0.1, 0.15) is 12.7 Å². The molecule has 0 aliphatic rings. The summed E-state index contributed by atoms with van der Waals surface area (Å²) >= 11 is 0. The second-order valence-electron chi connectivity index (χ2n) is 4.71. The molecule has 25 heavy (non-hydrogen) atoms. The lowest BCUT2D eigenvalue weighted by molar-refractivity contribution is -0.138. The molecule has 0 bridgehead atoms. The molecule has 0 aliphatic heterocycles. The predicted molar refractivity (Wildman–Crippen MR) is 91.0 cm³/mol. The lowest BCUT2D eigenvalue weighted by atomic mass is 10.1. The second kappa shape index (κ2) is 8.47. The molecule has 0 N–H and O–H groups in total. The Labute approximate surface area is 144 Å². The maximum atomic E-state index is 11.8. The summed E-state index contributed by atoms with van der Waals surface area (Å²) in [6, 6.07) is 8.65. The van der Waals surface area contributed by atoms with Crippen LogP contribution < -0.4 is 9.47 Å². The third-order valence-corrected chi connectivity index (χ3v) is 3.21. The van der Waals surface area contributed by atoms with E-state index in [1.807, 2.05) is 0 Å². The van der Waals surface area contributed by atoms with Gasteiger partial charge in [0, 0.05) is 4.91 Å². The van der Waals surface area contributed by atoms with E-state index in [0.717, 1.165) is 0 Å². The minimum atomic E-state index is -0.725. The number of methoxy groups -OCH3 is 2. The van der Waals surface area contributed by atoms with Crippen molar-refractivity contribution in [1.29, 1.82) is 0 Å². The molecular weight excluding hydrogens is 326 g/mol. The molecule has 0 fully saturated rings. The number of carbonyl (C=O) groups excluding carboxylic acids is 1. The van der Waals surface area contributed by atoms with Gasteiger partial charge < -0.3 is 18.6 Å². The third kappa shape index (κ3) is 4.33. The summed E-state index contributed by atoms with van der Waals surface area (Å²) in [7, 11) is 3.11. The van der Waals surface area contributed by atoms with Gasteiger partial charge in [-0.15, -0.1) is 0 Å². The third-order valence-electron chi connectivity index (χ3n) is 3.21. The molecule has 0 radical (unpaired) electrons. The summed E-state index contributed by atoms with van der Waals surface area (Å²) in [5, 5.41) is 3.34. The first-order valence-corrected chi connectivity index (χ1v) is 7.39. The zero-order valence-corrected chi connectivity index (χ0v) is 14.1.